The summed E-state index contributed by atoms with van der Waals surface area (Å²) in [5.74, 6) is 0.765. The number of nitrogens with one attached hydrogen (secondary N) is 1. The van der Waals surface area contributed by atoms with Gasteiger partial charge in [0.15, 0.2) is 0 Å². The van der Waals surface area contributed by atoms with E-state index in [4.69, 9.17) is 22.1 Å². The zero-order valence-electron chi connectivity index (χ0n) is 6.01. The Balaban J connectivity index is 2.52. The van der Waals surface area contributed by atoms with E-state index in [-0.39, 0.29) is 6.54 Å². The van der Waals surface area contributed by atoms with E-state index in [1.807, 2.05) is 0 Å². The fraction of sp³-hybridized carbons (Fsp3) is 0.250. The maximum absolute atomic E-state index is 6.84. The molecular weight excluding hydrogens is 162 g/mol. The monoisotopic (exact) mass is 170 g/mol. The summed E-state index contributed by atoms with van der Waals surface area (Å²) in [5, 5.41) is 0.697. The summed E-state index contributed by atoms with van der Waals surface area (Å²) in [6.45, 7) is 0.713. The van der Waals surface area contributed by atoms with Crippen molar-refractivity contribution in [3.8, 4) is 5.75 Å². The van der Waals surface area contributed by atoms with Gasteiger partial charge in [0.1, 0.15) is 12.4 Å². The molecule has 1 N–H and O–H groups in total. The number of rotatable bonds is 3. The van der Waals surface area contributed by atoms with E-state index in [2.05, 4.69) is 0 Å². The van der Waals surface area contributed by atoms with Crippen LogP contribution in [0.2, 0.25) is 5.02 Å². The van der Waals surface area contributed by atoms with Crippen molar-refractivity contribution in [1.82, 2.24) is 5.73 Å². The summed E-state index contributed by atoms with van der Waals surface area (Å²) in [6.07, 6.45) is 0. The first kappa shape index (κ1) is 8.37. The van der Waals surface area contributed by atoms with Crippen LogP contribution < -0.4 is 10.5 Å². The van der Waals surface area contributed by atoms with Gasteiger partial charge in [-0.25, -0.2) is 0 Å². The highest BCUT2D eigenvalue weighted by atomic mass is 35.5. The van der Waals surface area contributed by atoms with Crippen molar-refractivity contribution in [1.29, 1.82) is 0 Å². The second kappa shape index (κ2) is 4.21. The molecule has 0 aliphatic heterocycles. The van der Waals surface area contributed by atoms with Crippen LogP contribution in [0.5, 0.6) is 5.75 Å². The van der Waals surface area contributed by atoms with Gasteiger partial charge in [0.25, 0.3) is 0 Å². The maximum atomic E-state index is 6.84. The lowest BCUT2D eigenvalue weighted by atomic mass is 10.3. The molecule has 0 saturated heterocycles. The molecular formula is C8H9ClNO. The molecule has 0 aromatic heterocycles. The van der Waals surface area contributed by atoms with Crippen LogP contribution in [0.15, 0.2) is 24.3 Å². The number of hydrogen-bond acceptors (Lipinski definition) is 1. The fourth-order valence-electron chi connectivity index (χ4n) is 0.700. The number of ether oxygens (including phenoxy) is 1. The molecule has 1 aromatic rings. The molecule has 59 valence electrons. The van der Waals surface area contributed by atoms with Gasteiger partial charge in [0, 0.05) is 11.6 Å². The summed E-state index contributed by atoms with van der Waals surface area (Å²) < 4.78 is 5.16. The Morgan fingerprint density at radius 1 is 1.27 bits per heavy atom. The Bertz CT molecular complexity index is 210. The predicted molar refractivity (Wildman–Crippen MR) is 44.9 cm³/mol. The molecule has 1 rings (SSSR count). The Morgan fingerprint density at radius 2 is 1.91 bits per heavy atom. The van der Waals surface area contributed by atoms with E-state index in [1.54, 1.807) is 24.3 Å². The van der Waals surface area contributed by atoms with Gasteiger partial charge in [-0.3, -0.25) is 5.73 Å². The first-order chi connectivity index (χ1) is 5.33. The quantitative estimate of drug-likeness (QED) is 0.683. The standard InChI is InChI=1S/C8H9ClNO/c9-7-1-3-8(4-2-7)11-6-5-10/h1-4,10H,5-6H2. The topological polar surface area (TPSA) is 33.0 Å². The SMILES string of the molecule is [NH]CCOc1ccc(Cl)cc1. The van der Waals surface area contributed by atoms with Crippen LogP contribution in [0.1, 0.15) is 0 Å². The summed E-state index contributed by atoms with van der Waals surface area (Å²) in [6, 6.07) is 7.11. The second-order valence-electron chi connectivity index (χ2n) is 2.05. The Kier molecular flexibility index (Phi) is 3.20. The molecule has 3 heteroatoms. The molecule has 11 heavy (non-hydrogen) atoms. The highest BCUT2D eigenvalue weighted by Crippen LogP contribution is 2.14. The van der Waals surface area contributed by atoms with Gasteiger partial charge in [-0.15, -0.1) is 0 Å². The fourth-order valence-corrected chi connectivity index (χ4v) is 0.826. The van der Waals surface area contributed by atoms with Crippen molar-refractivity contribution in [3.63, 3.8) is 0 Å². The van der Waals surface area contributed by atoms with Crippen LogP contribution >= 0.6 is 11.6 Å². The number of halogens is 1. The van der Waals surface area contributed by atoms with E-state index < -0.39 is 0 Å². The Labute approximate surface area is 70.9 Å². The third-order valence-corrected chi connectivity index (χ3v) is 1.44. The van der Waals surface area contributed by atoms with Crippen molar-refractivity contribution < 1.29 is 4.74 Å². The highest BCUT2D eigenvalue weighted by Gasteiger charge is 1.91. The Hall–Kier alpha value is -0.730. The van der Waals surface area contributed by atoms with E-state index in [0.29, 0.717) is 11.6 Å². The third kappa shape index (κ3) is 2.78. The lowest BCUT2D eigenvalue weighted by Crippen LogP contribution is -2.02. The summed E-state index contributed by atoms with van der Waals surface area (Å²) in [7, 11) is 0. The van der Waals surface area contributed by atoms with Crippen molar-refractivity contribution in [2.24, 2.45) is 0 Å². The second-order valence-corrected chi connectivity index (χ2v) is 2.49. The van der Waals surface area contributed by atoms with Crippen LogP contribution in [0, 0.1) is 0 Å². The molecule has 0 bridgehead atoms. The lowest BCUT2D eigenvalue weighted by molar-refractivity contribution is 0.326. The van der Waals surface area contributed by atoms with Crippen LogP contribution in [-0.2, 0) is 0 Å². The first-order valence-corrected chi connectivity index (χ1v) is 3.73. The smallest absolute Gasteiger partial charge is 0.119 e. The van der Waals surface area contributed by atoms with Crippen molar-refractivity contribution in [2.75, 3.05) is 13.2 Å². The predicted octanol–water partition coefficient (Wildman–Crippen LogP) is 2.00. The van der Waals surface area contributed by atoms with Crippen molar-refractivity contribution in [2.45, 2.75) is 0 Å². The normalized spacial score (nSPS) is 9.64. The molecule has 0 aliphatic rings. The van der Waals surface area contributed by atoms with Gasteiger partial charge >= 0.3 is 0 Å². The average Bonchev–Trinajstić information content (AvgIpc) is 2.04. The molecule has 0 heterocycles. The number of benzene rings is 1. The molecule has 1 radical (unpaired) electrons. The van der Waals surface area contributed by atoms with Crippen LogP contribution in [0.3, 0.4) is 0 Å². The lowest BCUT2D eigenvalue weighted by Gasteiger charge is -2.02. The molecule has 0 saturated carbocycles. The van der Waals surface area contributed by atoms with E-state index in [0.717, 1.165) is 5.75 Å². The molecule has 0 atom stereocenters. The number of hydrogen-bond donors (Lipinski definition) is 0. The molecule has 0 unspecified atom stereocenters. The summed E-state index contributed by atoms with van der Waals surface area (Å²) in [5.41, 5.74) is 6.84. The highest BCUT2D eigenvalue weighted by molar-refractivity contribution is 6.30. The van der Waals surface area contributed by atoms with E-state index >= 15 is 0 Å². The molecule has 2 nitrogen and oxygen atoms in total. The van der Waals surface area contributed by atoms with E-state index in [1.165, 1.54) is 0 Å². The van der Waals surface area contributed by atoms with Crippen molar-refractivity contribution >= 4 is 11.6 Å². The average molecular weight is 171 g/mol. The molecule has 0 spiro atoms. The zero-order valence-corrected chi connectivity index (χ0v) is 6.77. The molecule has 1 aromatic carbocycles. The van der Waals surface area contributed by atoms with Gasteiger partial charge in [0.05, 0.1) is 0 Å². The summed E-state index contributed by atoms with van der Waals surface area (Å²) in [4.78, 5) is 0. The third-order valence-electron chi connectivity index (χ3n) is 1.18. The van der Waals surface area contributed by atoms with Gasteiger partial charge in [-0.2, -0.15) is 0 Å². The minimum atomic E-state index is 0.280. The molecule has 0 aliphatic carbocycles. The zero-order chi connectivity index (χ0) is 8.10. The van der Waals surface area contributed by atoms with E-state index in [9.17, 15) is 0 Å². The molecule has 0 fully saturated rings. The molecule has 0 amide bonds. The van der Waals surface area contributed by atoms with Crippen LogP contribution in [-0.4, -0.2) is 13.2 Å². The van der Waals surface area contributed by atoms with Gasteiger partial charge in [0.2, 0.25) is 0 Å². The first-order valence-electron chi connectivity index (χ1n) is 3.36. The largest absolute Gasteiger partial charge is 0.492 e. The minimum Gasteiger partial charge on any atom is -0.492 e. The minimum absolute atomic E-state index is 0.280. The van der Waals surface area contributed by atoms with Crippen LogP contribution in [0.25, 0.3) is 0 Å². The Morgan fingerprint density at radius 3 is 2.45 bits per heavy atom. The van der Waals surface area contributed by atoms with Gasteiger partial charge < -0.3 is 4.74 Å². The van der Waals surface area contributed by atoms with Gasteiger partial charge in [-0.1, -0.05) is 11.6 Å². The van der Waals surface area contributed by atoms with Crippen LogP contribution in [0.4, 0.5) is 0 Å². The van der Waals surface area contributed by atoms with Gasteiger partial charge in [-0.05, 0) is 24.3 Å². The summed E-state index contributed by atoms with van der Waals surface area (Å²) >= 11 is 5.65. The van der Waals surface area contributed by atoms with Crippen molar-refractivity contribution in [3.05, 3.63) is 29.3 Å². The maximum Gasteiger partial charge on any atom is 0.119 e.